The van der Waals surface area contributed by atoms with E-state index in [4.69, 9.17) is 5.73 Å². The molecule has 2 rings (SSSR count). The lowest BCUT2D eigenvalue weighted by Crippen LogP contribution is -2.34. The van der Waals surface area contributed by atoms with Gasteiger partial charge in [0.2, 0.25) is 5.91 Å². The highest BCUT2D eigenvalue weighted by Crippen LogP contribution is 2.31. The van der Waals surface area contributed by atoms with Crippen molar-refractivity contribution in [1.82, 2.24) is 5.32 Å². The van der Waals surface area contributed by atoms with Gasteiger partial charge in [0.15, 0.2) is 0 Å². The molecule has 3 heteroatoms. The molecule has 1 fully saturated rings. The molecule has 3 N–H and O–H groups in total. The summed E-state index contributed by atoms with van der Waals surface area (Å²) in [4.78, 5) is 12.2. The predicted molar refractivity (Wildman–Crippen MR) is 77.6 cm³/mol. The van der Waals surface area contributed by atoms with Gasteiger partial charge in [0.25, 0.3) is 0 Å². The summed E-state index contributed by atoms with van der Waals surface area (Å²) in [6.07, 6.45) is 3.21. The maximum atomic E-state index is 12.2. The number of hydrogen-bond donors (Lipinski definition) is 2. The van der Waals surface area contributed by atoms with Crippen LogP contribution in [0.2, 0.25) is 0 Å². The fourth-order valence-corrected chi connectivity index (χ4v) is 3.02. The highest BCUT2D eigenvalue weighted by atomic mass is 16.1. The maximum Gasteiger partial charge on any atom is 0.223 e. The van der Waals surface area contributed by atoms with Crippen LogP contribution in [-0.2, 0) is 11.3 Å². The van der Waals surface area contributed by atoms with Gasteiger partial charge in [0.05, 0.1) is 0 Å². The van der Waals surface area contributed by atoms with E-state index in [0.717, 1.165) is 19.3 Å². The molecular weight excluding hydrogens is 236 g/mol. The van der Waals surface area contributed by atoms with E-state index in [1.54, 1.807) is 0 Å². The Hall–Kier alpha value is -1.35. The van der Waals surface area contributed by atoms with E-state index in [1.165, 1.54) is 16.7 Å². The van der Waals surface area contributed by atoms with Crippen LogP contribution in [0.15, 0.2) is 18.2 Å². The van der Waals surface area contributed by atoms with Gasteiger partial charge in [-0.15, -0.1) is 0 Å². The van der Waals surface area contributed by atoms with Crippen LogP contribution >= 0.6 is 0 Å². The molecule has 1 aliphatic carbocycles. The molecule has 1 aromatic carbocycles. The van der Waals surface area contributed by atoms with Crippen molar-refractivity contribution < 1.29 is 4.79 Å². The minimum absolute atomic E-state index is 0.121. The van der Waals surface area contributed by atoms with Crippen LogP contribution in [0.25, 0.3) is 0 Å². The number of nitrogens with one attached hydrogen (secondary N) is 1. The molecule has 0 heterocycles. The summed E-state index contributed by atoms with van der Waals surface area (Å²) >= 11 is 0. The molecule has 0 saturated heterocycles. The Morgan fingerprint density at radius 2 is 2.16 bits per heavy atom. The highest BCUT2D eigenvalue weighted by Gasteiger charge is 2.31. The van der Waals surface area contributed by atoms with Gasteiger partial charge in [-0.05, 0) is 50.3 Å². The first-order valence-corrected chi connectivity index (χ1v) is 7.15. The smallest absolute Gasteiger partial charge is 0.223 e. The van der Waals surface area contributed by atoms with Crippen molar-refractivity contribution in [3.8, 4) is 0 Å². The molecule has 0 unspecified atom stereocenters. The molecule has 2 atom stereocenters. The van der Waals surface area contributed by atoms with Gasteiger partial charge in [-0.1, -0.05) is 30.2 Å². The molecule has 0 aliphatic heterocycles. The van der Waals surface area contributed by atoms with Crippen molar-refractivity contribution in [2.45, 2.75) is 39.7 Å². The zero-order valence-corrected chi connectivity index (χ0v) is 11.9. The highest BCUT2D eigenvalue weighted by molar-refractivity contribution is 5.79. The molecule has 104 valence electrons. The van der Waals surface area contributed by atoms with Crippen LogP contribution in [0.3, 0.4) is 0 Å². The van der Waals surface area contributed by atoms with Crippen molar-refractivity contribution in [2.24, 2.45) is 17.6 Å². The average Bonchev–Trinajstić information content (AvgIpc) is 2.85. The Kier molecular flexibility index (Phi) is 4.59. The first kappa shape index (κ1) is 14.1. The van der Waals surface area contributed by atoms with Crippen molar-refractivity contribution in [3.05, 3.63) is 34.9 Å². The number of carbonyl (C=O) groups is 1. The summed E-state index contributed by atoms with van der Waals surface area (Å²) in [6, 6.07) is 6.34. The summed E-state index contributed by atoms with van der Waals surface area (Å²) in [5, 5.41) is 3.07. The molecule has 0 spiro atoms. The van der Waals surface area contributed by atoms with E-state index in [2.05, 4.69) is 37.4 Å². The predicted octanol–water partition coefficient (Wildman–Crippen LogP) is 2.29. The fraction of sp³-hybridized carbons (Fsp3) is 0.562. The van der Waals surface area contributed by atoms with Gasteiger partial charge < -0.3 is 11.1 Å². The van der Waals surface area contributed by atoms with E-state index >= 15 is 0 Å². The van der Waals surface area contributed by atoms with Crippen LogP contribution in [-0.4, -0.2) is 12.5 Å². The Morgan fingerprint density at radius 3 is 2.84 bits per heavy atom. The lowest BCUT2D eigenvalue weighted by molar-refractivity contribution is -0.126. The molecular formula is C16H24N2O. The van der Waals surface area contributed by atoms with E-state index in [1.807, 2.05) is 0 Å². The molecule has 3 nitrogen and oxygen atoms in total. The van der Waals surface area contributed by atoms with Gasteiger partial charge in [-0.3, -0.25) is 4.79 Å². The van der Waals surface area contributed by atoms with Crippen LogP contribution < -0.4 is 11.1 Å². The Morgan fingerprint density at radius 1 is 1.37 bits per heavy atom. The lowest BCUT2D eigenvalue weighted by Gasteiger charge is -2.18. The molecule has 1 amide bonds. The minimum atomic E-state index is 0.121. The first-order valence-electron chi connectivity index (χ1n) is 7.15. The number of amides is 1. The largest absolute Gasteiger partial charge is 0.352 e. The molecule has 0 radical (unpaired) electrons. The fourth-order valence-electron chi connectivity index (χ4n) is 3.02. The molecule has 1 aromatic rings. The minimum Gasteiger partial charge on any atom is -0.352 e. The van der Waals surface area contributed by atoms with Crippen LogP contribution in [0.1, 0.15) is 36.0 Å². The van der Waals surface area contributed by atoms with E-state index in [0.29, 0.717) is 19.0 Å². The average molecular weight is 260 g/mol. The summed E-state index contributed by atoms with van der Waals surface area (Å²) < 4.78 is 0. The van der Waals surface area contributed by atoms with Crippen molar-refractivity contribution in [2.75, 3.05) is 6.54 Å². The van der Waals surface area contributed by atoms with Gasteiger partial charge in [-0.2, -0.15) is 0 Å². The maximum absolute atomic E-state index is 12.2. The Bertz CT molecular complexity index is 456. The standard InChI is InChI=1S/C16H24N2O/c1-11-6-7-14(12(2)8-11)10-18-16(19)15-5-3-4-13(15)9-17/h6-8,13,15H,3-5,9-10,17H2,1-2H3,(H,18,19)/t13-,15-/m1/s1. The zero-order chi connectivity index (χ0) is 13.8. The SMILES string of the molecule is Cc1ccc(CNC(=O)[C@@H]2CCC[C@@H]2CN)c(C)c1. The summed E-state index contributed by atoms with van der Waals surface area (Å²) in [6.45, 7) is 5.42. The molecule has 0 aromatic heterocycles. The van der Waals surface area contributed by atoms with Gasteiger partial charge in [0, 0.05) is 12.5 Å². The molecule has 1 aliphatic rings. The van der Waals surface area contributed by atoms with Crippen LogP contribution in [0, 0.1) is 25.7 Å². The van der Waals surface area contributed by atoms with E-state index in [-0.39, 0.29) is 11.8 Å². The summed E-state index contributed by atoms with van der Waals surface area (Å²) in [5.74, 6) is 0.669. The number of aryl methyl sites for hydroxylation is 2. The number of hydrogen-bond acceptors (Lipinski definition) is 2. The van der Waals surface area contributed by atoms with Gasteiger partial charge in [0.1, 0.15) is 0 Å². The van der Waals surface area contributed by atoms with Crippen molar-refractivity contribution in [3.63, 3.8) is 0 Å². The third kappa shape index (κ3) is 3.35. The molecule has 0 bridgehead atoms. The van der Waals surface area contributed by atoms with Gasteiger partial charge in [-0.25, -0.2) is 0 Å². The third-order valence-electron chi connectivity index (χ3n) is 4.25. The number of nitrogens with two attached hydrogens (primary N) is 1. The number of rotatable bonds is 4. The summed E-state index contributed by atoms with van der Waals surface area (Å²) in [7, 11) is 0. The second-order valence-electron chi connectivity index (χ2n) is 5.68. The van der Waals surface area contributed by atoms with E-state index < -0.39 is 0 Å². The molecule has 19 heavy (non-hydrogen) atoms. The first-order chi connectivity index (χ1) is 9.11. The normalized spacial score (nSPS) is 22.5. The third-order valence-corrected chi connectivity index (χ3v) is 4.25. The number of carbonyl (C=O) groups excluding carboxylic acids is 1. The second kappa shape index (κ2) is 6.20. The van der Waals surface area contributed by atoms with Crippen LogP contribution in [0.5, 0.6) is 0 Å². The Labute approximate surface area is 115 Å². The Balaban J connectivity index is 1.93. The van der Waals surface area contributed by atoms with Gasteiger partial charge >= 0.3 is 0 Å². The number of benzene rings is 1. The quantitative estimate of drug-likeness (QED) is 0.872. The van der Waals surface area contributed by atoms with E-state index in [9.17, 15) is 4.79 Å². The zero-order valence-electron chi connectivity index (χ0n) is 11.9. The van der Waals surface area contributed by atoms with Crippen LogP contribution in [0.4, 0.5) is 0 Å². The lowest BCUT2D eigenvalue weighted by atomic mass is 9.95. The second-order valence-corrected chi connectivity index (χ2v) is 5.68. The monoisotopic (exact) mass is 260 g/mol. The van der Waals surface area contributed by atoms with Crippen molar-refractivity contribution in [1.29, 1.82) is 0 Å². The summed E-state index contributed by atoms with van der Waals surface area (Å²) in [5.41, 5.74) is 9.42. The van der Waals surface area contributed by atoms with Crippen molar-refractivity contribution >= 4 is 5.91 Å². The molecule has 1 saturated carbocycles. The topological polar surface area (TPSA) is 55.1 Å².